The highest BCUT2D eigenvalue weighted by atomic mass is 15.2. The van der Waals surface area contributed by atoms with Gasteiger partial charge in [-0.1, -0.05) is 63.6 Å². The molecule has 0 amide bonds. The first-order valence-electron chi connectivity index (χ1n) is 15.1. The molecule has 0 bridgehead atoms. The maximum Gasteiger partial charge on any atom is 0.130 e. The van der Waals surface area contributed by atoms with Gasteiger partial charge in [0.1, 0.15) is 5.82 Å². The van der Waals surface area contributed by atoms with Crippen LogP contribution in [0.15, 0.2) is 84.4 Å². The first-order chi connectivity index (χ1) is 20.0. The molecule has 3 heterocycles. The molecule has 2 atom stereocenters. The number of likely N-dealkylation sites (tertiary alicyclic amines) is 1. The quantitative estimate of drug-likeness (QED) is 0.172. The number of H-pyrrole nitrogens is 2. The van der Waals surface area contributed by atoms with Gasteiger partial charge in [0.2, 0.25) is 0 Å². The van der Waals surface area contributed by atoms with Gasteiger partial charge in [0.15, 0.2) is 0 Å². The van der Waals surface area contributed by atoms with Crippen LogP contribution in [-0.2, 0) is 0 Å². The normalized spacial score (nSPS) is 16.6. The van der Waals surface area contributed by atoms with Crippen LogP contribution in [0.25, 0.3) is 44.2 Å². The number of nitrogens with zero attached hydrogens (tertiary/aromatic N) is 4. The molecule has 0 aliphatic carbocycles. The van der Waals surface area contributed by atoms with Crippen LogP contribution in [0, 0.1) is 0 Å². The minimum atomic E-state index is 0.148. The third-order valence-corrected chi connectivity index (χ3v) is 8.52. The lowest BCUT2D eigenvalue weighted by Gasteiger charge is -2.31. The van der Waals surface area contributed by atoms with Crippen LogP contribution in [-0.4, -0.2) is 43.1 Å². The van der Waals surface area contributed by atoms with E-state index in [1.165, 1.54) is 34.0 Å². The topological polar surface area (TPSA) is 73.0 Å². The molecule has 0 spiro atoms. The second-order valence-electron chi connectivity index (χ2n) is 11.3. The van der Waals surface area contributed by atoms with Crippen LogP contribution >= 0.6 is 0 Å². The predicted molar refractivity (Wildman–Crippen MR) is 171 cm³/mol. The molecule has 2 aromatic heterocycles. The third kappa shape index (κ3) is 5.56. The molecule has 1 aliphatic heterocycles. The Hall–Kier alpha value is -4.19. The van der Waals surface area contributed by atoms with Crippen molar-refractivity contribution in [2.24, 2.45) is 4.99 Å². The van der Waals surface area contributed by atoms with Crippen LogP contribution in [0.1, 0.15) is 71.2 Å². The molecular weight excluding hydrogens is 504 g/mol. The van der Waals surface area contributed by atoms with Crippen LogP contribution in [0.2, 0.25) is 0 Å². The lowest BCUT2D eigenvalue weighted by Crippen LogP contribution is -2.29. The maximum atomic E-state index is 5.07. The molecule has 0 unspecified atom stereocenters. The van der Waals surface area contributed by atoms with Crippen LogP contribution in [0.3, 0.4) is 0 Å². The summed E-state index contributed by atoms with van der Waals surface area (Å²) in [5.41, 5.74) is 8.98. The van der Waals surface area contributed by atoms with Crippen LogP contribution in [0.4, 0.5) is 0 Å². The lowest BCUT2D eigenvalue weighted by atomic mass is 9.99. The van der Waals surface area contributed by atoms with Gasteiger partial charge in [-0.2, -0.15) is 0 Å². The second kappa shape index (κ2) is 11.7. The van der Waals surface area contributed by atoms with Crippen molar-refractivity contribution < 1.29 is 0 Å². The minimum Gasteiger partial charge on any atom is -0.363 e. The van der Waals surface area contributed by atoms with Crippen molar-refractivity contribution in [2.75, 3.05) is 6.54 Å². The van der Waals surface area contributed by atoms with Crippen LogP contribution < -0.4 is 0 Å². The zero-order valence-electron chi connectivity index (χ0n) is 24.5. The summed E-state index contributed by atoms with van der Waals surface area (Å²) in [4.78, 5) is 23.6. The SMILES string of the molecule is C=C([C@H](CCCC)N=C(C)CC)N1CCC[C@H]1c1nc2ccc(-c3ccc4cc(-c5cnc[nH]5)ccc4c3)cc2[nH]1. The Morgan fingerprint density at radius 3 is 2.56 bits per heavy atom. The Balaban J connectivity index is 1.26. The molecule has 6 heteroatoms. The smallest absolute Gasteiger partial charge is 0.130 e. The highest BCUT2D eigenvalue weighted by molar-refractivity contribution is 5.91. The Morgan fingerprint density at radius 2 is 1.80 bits per heavy atom. The number of aromatic amines is 2. The van der Waals surface area contributed by atoms with Crippen molar-refractivity contribution in [2.45, 2.75) is 71.4 Å². The fourth-order valence-electron chi connectivity index (χ4n) is 6.02. The van der Waals surface area contributed by atoms with Crippen molar-refractivity contribution in [1.29, 1.82) is 0 Å². The van der Waals surface area contributed by atoms with Crippen LogP contribution in [0.5, 0.6) is 0 Å². The van der Waals surface area contributed by atoms with E-state index in [-0.39, 0.29) is 12.1 Å². The average molecular weight is 545 g/mol. The van der Waals surface area contributed by atoms with Gasteiger partial charge in [-0.25, -0.2) is 9.97 Å². The van der Waals surface area contributed by atoms with E-state index in [1.54, 1.807) is 6.33 Å². The molecular formula is C35H40N6. The van der Waals surface area contributed by atoms with Gasteiger partial charge in [-0.15, -0.1) is 0 Å². The van der Waals surface area contributed by atoms with E-state index in [4.69, 9.17) is 9.98 Å². The highest BCUT2D eigenvalue weighted by Crippen LogP contribution is 2.37. The number of benzene rings is 3. The number of hydrogen-bond acceptors (Lipinski definition) is 4. The molecule has 6 nitrogen and oxygen atoms in total. The van der Waals surface area contributed by atoms with E-state index in [1.807, 2.05) is 6.20 Å². The summed E-state index contributed by atoms with van der Waals surface area (Å²) in [5, 5.41) is 2.43. The van der Waals surface area contributed by atoms with Gasteiger partial charge < -0.3 is 14.9 Å². The summed E-state index contributed by atoms with van der Waals surface area (Å²) in [7, 11) is 0. The summed E-state index contributed by atoms with van der Waals surface area (Å²) in [5.74, 6) is 1.03. The molecule has 0 saturated carbocycles. The van der Waals surface area contributed by atoms with Gasteiger partial charge in [0, 0.05) is 23.5 Å². The first kappa shape index (κ1) is 27.0. The Bertz CT molecular complexity index is 1690. The van der Waals surface area contributed by atoms with E-state index < -0.39 is 0 Å². The molecule has 1 aliphatic rings. The van der Waals surface area contributed by atoms with E-state index in [0.717, 1.165) is 72.5 Å². The standard InChI is InChI=1S/C35H40N6/c1-5-7-9-30(38-23(3)6-2)24(4)41-17-8-10-34(41)35-39-31-16-15-28(20-32(31)40-35)26-11-12-27-19-29(14-13-25(27)18-26)33-21-36-22-37-33/h11-16,18-22,30,34H,4-10,17H2,1-3H3,(H,36,37)(H,39,40)/t30-,34-/m0/s1. The van der Waals surface area contributed by atoms with E-state index >= 15 is 0 Å². The van der Waals surface area contributed by atoms with Gasteiger partial charge >= 0.3 is 0 Å². The van der Waals surface area contributed by atoms with E-state index in [0.29, 0.717) is 0 Å². The lowest BCUT2D eigenvalue weighted by molar-refractivity contribution is 0.294. The summed E-state index contributed by atoms with van der Waals surface area (Å²) in [6.45, 7) is 12.1. The monoisotopic (exact) mass is 544 g/mol. The summed E-state index contributed by atoms with van der Waals surface area (Å²) in [6.07, 6.45) is 10.2. The number of aliphatic imine (C=N–C) groups is 1. The summed E-state index contributed by atoms with van der Waals surface area (Å²) in [6, 6.07) is 20.1. The molecule has 1 fully saturated rings. The molecule has 1 saturated heterocycles. The molecule has 210 valence electrons. The van der Waals surface area contributed by atoms with Gasteiger partial charge in [0.25, 0.3) is 0 Å². The minimum absolute atomic E-state index is 0.148. The number of fused-ring (bicyclic) bond motifs is 2. The largest absolute Gasteiger partial charge is 0.363 e. The van der Waals surface area contributed by atoms with Crippen molar-refractivity contribution in [3.63, 3.8) is 0 Å². The molecule has 41 heavy (non-hydrogen) atoms. The highest BCUT2D eigenvalue weighted by Gasteiger charge is 2.32. The molecule has 3 aromatic carbocycles. The Morgan fingerprint density at radius 1 is 1.05 bits per heavy atom. The van der Waals surface area contributed by atoms with Gasteiger partial charge in [0.05, 0.1) is 41.3 Å². The van der Waals surface area contributed by atoms with Crippen molar-refractivity contribution in [3.05, 3.63) is 85.2 Å². The number of aromatic nitrogens is 4. The molecule has 0 radical (unpaired) electrons. The maximum absolute atomic E-state index is 5.07. The molecule has 5 aromatic rings. The van der Waals surface area contributed by atoms with E-state index in [2.05, 4.69) is 102 Å². The Labute approximate surface area is 242 Å². The average Bonchev–Trinajstić information content (AvgIpc) is 3.78. The van der Waals surface area contributed by atoms with Crippen molar-refractivity contribution in [3.8, 4) is 22.4 Å². The molecule has 2 N–H and O–H groups in total. The number of unbranched alkanes of at least 4 members (excludes halogenated alkanes) is 1. The zero-order chi connectivity index (χ0) is 28.3. The molecule has 6 rings (SSSR count). The second-order valence-corrected chi connectivity index (χ2v) is 11.3. The number of rotatable bonds is 10. The Kier molecular flexibility index (Phi) is 7.73. The van der Waals surface area contributed by atoms with Gasteiger partial charge in [-0.3, -0.25) is 4.99 Å². The fraction of sp³-hybridized carbons (Fsp3) is 0.343. The predicted octanol–water partition coefficient (Wildman–Crippen LogP) is 8.85. The van der Waals surface area contributed by atoms with Crippen molar-refractivity contribution in [1.82, 2.24) is 24.8 Å². The summed E-state index contributed by atoms with van der Waals surface area (Å²) < 4.78 is 0. The first-order valence-corrected chi connectivity index (χ1v) is 15.1. The van der Waals surface area contributed by atoms with Gasteiger partial charge in [-0.05, 0) is 78.8 Å². The summed E-state index contributed by atoms with van der Waals surface area (Å²) >= 11 is 0. The van der Waals surface area contributed by atoms with Crippen molar-refractivity contribution >= 4 is 27.5 Å². The number of imidazole rings is 2. The van der Waals surface area contributed by atoms with E-state index in [9.17, 15) is 0 Å². The number of nitrogens with one attached hydrogen (secondary N) is 2. The number of hydrogen-bond donors (Lipinski definition) is 2. The third-order valence-electron chi connectivity index (χ3n) is 8.52. The fourth-order valence-corrected chi connectivity index (χ4v) is 6.02. The zero-order valence-corrected chi connectivity index (χ0v) is 24.5.